The quantitative estimate of drug-likeness (QED) is 0.670. The highest BCUT2D eigenvalue weighted by Gasteiger charge is 2.12. The number of fused-ring (bicyclic) bond motifs is 1. The van der Waals surface area contributed by atoms with E-state index in [0.717, 1.165) is 32.4 Å². The minimum atomic E-state index is 0.757. The Bertz CT molecular complexity index is 807. The van der Waals surface area contributed by atoms with Crippen LogP contribution in [0.5, 0.6) is 0 Å². The maximum atomic E-state index is 6.24. The first kappa shape index (κ1) is 15.1. The molecule has 0 saturated carbocycles. The van der Waals surface area contributed by atoms with E-state index in [1.54, 1.807) is 17.5 Å². The molecule has 0 N–H and O–H groups in total. The van der Waals surface area contributed by atoms with Crippen LogP contribution in [-0.4, -0.2) is 28.0 Å². The second kappa shape index (κ2) is 6.56. The SMILES string of the molecule is Clc1ccnc2cc(-c3ccc(CN4CCCCC4)cn3)sc12. The molecule has 0 atom stereocenters. The van der Waals surface area contributed by atoms with Crippen LogP contribution in [0.15, 0.2) is 36.7 Å². The Balaban J connectivity index is 1.55. The second-order valence-electron chi connectivity index (χ2n) is 6.01. The van der Waals surface area contributed by atoms with Crippen molar-refractivity contribution in [2.45, 2.75) is 25.8 Å². The maximum Gasteiger partial charge on any atom is 0.0831 e. The molecule has 3 nitrogen and oxygen atoms in total. The summed E-state index contributed by atoms with van der Waals surface area (Å²) in [4.78, 5) is 12.7. The summed E-state index contributed by atoms with van der Waals surface area (Å²) in [6.07, 6.45) is 7.76. The van der Waals surface area contributed by atoms with Crippen LogP contribution >= 0.6 is 22.9 Å². The molecule has 5 heteroatoms. The molecule has 118 valence electrons. The van der Waals surface area contributed by atoms with Crippen molar-refractivity contribution < 1.29 is 0 Å². The fraction of sp³-hybridized carbons (Fsp3) is 0.333. The van der Waals surface area contributed by atoms with Crippen LogP contribution in [0.3, 0.4) is 0 Å². The fourth-order valence-corrected chi connectivity index (χ4v) is 4.34. The van der Waals surface area contributed by atoms with Gasteiger partial charge in [-0.3, -0.25) is 14.9 Å². The van der Waals surface area contributed by atoms with Gasteiger partial charge in [-0.05, 0) is 49.7 Å². The van der Waals surface area contributed by atoms with Crippen LogP contribution < -0.4 is 0 Å². The van der Waals surface area contributed by atoms with Crippen LogP contribution in [0, 0.1) is 0 Å². The normalized spacial score (nSPS) is 16.0. The zero-order chi connectivity index (χ0) is 15.6. The number of nitrogens with zero attached hydrogens (tertiary/aromatic N) is 3. The Morgan fingerprint density at radius 2 is 1.96 bits per heavy atom. The van der Waals surface area contributed by atoms with E-state index in [4.69, 9.17) is 11.6 Å². The third-order valence-corrected chi connectivity index (χ3v) is 5.90. The lowest BCUT2D eigenvalue weighted by atomic mass is 10.1. The Hall–Kier alpha value is -1.49. The summed E-state index contributed by atoms with van der Waals surface area (Å²) in [7, 11) is 0. The summed E-state index contributed by atoms with van der Waals surface area (Å²) in [5.74, 6) is 0. The molecular weight excluding hydrogens is 326 g/mol. The minimum Gasteiger partial charge on any atom is -0.299 e. The molecule has 0 amide bonds. The van der Waals surface area contributed by atoms with Gasteiger partial charge in [0.1, 0.15) is 0 Å². The van der Waals surface area contributed by atoms with Crippen molar-refractivity contribution in [3.8, 4) is 10.6 Å². The summed E-state index contributed by atoms with van der Waals surface area (Å²) in [6.45, 7) is 3.43. The first-order valence-electron chi connectivity index (χ1n) is 8.01. The molecule has 4 heterocycles. The summed E-state index contributed by atoms with van der Waals surface area (Å²) in [5, 5.41) is 0.757. The number of rotatable bonds is 3. The first-order valence-corrected chi connectivity index (χ1v) is 9.21. The van der Waals surface area contributed by atoms with Gasteiger partial charge in [-0.2, -0.15) is 0 Å². The number of thiophene rings is 1. The molecule has 0 spiro atoms. The zero-order valence-corrected chi connectivity index (χ0v) is 14.4. The fourth-order valence-electron chi connectivity index (χ4n) is 3.07. The van der Waals surface area contributed by atoms with E-state index in [1.165, 1.54) is 37.9 Å². The molecule has 0 radical (unpaired) electrons. The Labute approximate surface area is 144 Å². The summed E-state index contributed by atoms with van der Waals surface area (Å²) < 4.78 is 1.03. The van der Waals surface area contributed by atoms with Gasteiger partial charge < -0.3 is 0 Å². The monoisotopic (exact) mass is 343 g/mol. The third kappa shape index (κ3) is 3.25. The van der Waals surface area contributed by atoms with E-state index in [0.29, 0.717) is 0 Å². The molecule has 1 fully saturated rings. The number of piperidine rings is 1. The van der Waals surface area contributed by atoms with Crippen molar-refractivity contribution in [3.63, 3.8) is 0 Å². The molecule has 0 aliphatic carbocycles. The van der Waals surface area contributed by atoms with E-state index < -0.39 is 0 Å². The van der Waals surface area contributed by atoms with Gasteiger partial charge in [-0.1, -0.05) is 24.1 Å². The van der Waals surface area contributed by atoms with Gasteiger partial charge in [-0.15, -0.1) is 11.3 Å². The molecule has 0 aromatic carbocycles. The molecule has 3 aromatic rings. The van der Waals surface area contributed by atoms with Gasteiger partial charge in [0.05, 0.1) is 25.8 Å². The average molecular weight is 344 g/mol. The zero-order valence-electron chi connectivity index (χ0n) is 12.8. The van der Waals surface area contributed by atoms with Crippen LogP contribution in [0.1, 0.15) is 24.8 Å². The molecule has 0 bridgehead atoms. The van der Waals surface area contributed by atoms with Gasteiger partial charge in [0.25, 0.3) is 0 Å². The van der Waals surface area contributed by atoms with Crippen molar-refractivity contribution in [1.29, 1.82) is 0 Å². The maximum absolute atomic E-state index is 6.24. The smallest absolute Gasteiger partial charge is 0.0831 e. The Morgan fingerprint density at radius 3 is 2.70 bits per heavy atom. The predicted octanol–water partition coefficient (Wildman–Crippen LogP) is 5.00. The molecule has 1 saturated heterocycles. The summed E-state index contributed by atoms with van der Waals surface area (Å²) in [5.41, 5.74) is 3.22. The van der Waals surface area contributed by atoms with E-state index in [2.05, 4.69) is 33.1 Å². The molecule has 1 aliphatic heterocycles. The third-order valence-electron chi connectivity index (χ3n) is 4.30. The summed E-state index contributed by atoms with van der Waals surface area (Å²) in [6, 6.07) is 8.20. The molecular formula is C18H18ClN3S. The molecule has 23 heavy (non-hydrogen) atoms. The molecule has 3 aromatic heterocycles. The molecule has 1 aliphatic rings. The number of aromatic nitrogens is 2. The number of halogens is 1. The lowest BCUT2D eigenvalue weighted by molar-refractivity contribution is 0.220. The highest BCUT2D eigenvalue weighted by molar-refractivity contribution is 7.22. The Morgan fingerprint density at radius 1 is 1.09 bits per heavy atom. The van der Waals surface area contributed by atoms with Gasteiger partial charge in [0.2, 0.25) is 0 Å². The van der Waals surface area contributed by atoms with Crippen molar-refractivity contribution in [2.75, 3.05) is 13.1 Å². The van der Waals surface area contributed by atoms with E-state index in [1.807, 2.05) is 12.3 Å². The van der Waals surface area contributed by atoms with Gasteiger partial charge in [-0.25, -0.2) is 0 Å². The minimum absolute atomic E-state index is 0.757. The lowest BCUT2D eigenvalue weighted by Crippen LogP contribution is -2.29. The number of pyridine rings is 2. The highest BCUT2D eigenvalue weighted by atomic mass is 35.5. The van der Waals surface area contributed by atoms with Crippen LogP contribution in [0.2, 0.25) is 5.02 Å². The van der Waals surface area contributed by atoms with Crippen molar-refractivity contribution in [1.82, 2.24) is 14.9 Å². The Kier molecular flexibility index (Phi) is 4.29. The van der Waals surface area contributed by atoms with E-state index in [9.17, 15) is 0 Å². The van der Waals surface area contributed by atoms with Crippen LogP contribution in [0.4, 0.5) is 0 Å². The van der Waals surface area contributed by atoms with Crippen molar-refractivity contribution in [3.05, 3.63) is 47.2 Å². The topological polar surface area (TPSA) is 29.0 Å². The highest BCUT2D eigenvalue weighted by Crippen LogP contribution is 2.35. The lowest BCUT2D eigenvalue weighted by Gasteiger charge is -2.26. The van der Waals surface area contributed by atoms with Gasteiger partial charge in [0.15, 0.2) is 0 Å². The molecule has 4 rings (SSSR count). The van der Waals surface area contributed by atoms with Gasteiger partial charge in [0, 0.05) is 18.9 Å². The van der Waals surface area contributed by atoms with Gasteiger partial charge >= 0.3 is 0 Å². The van der Waals surface area contributed by atoms with Crippen molar-refractivity contribution in [2.24, 2.45) is 0 Å². The second-order valence-corrected chi connectivity index (χ2v) is 7.47. The first-order chi connectivity index (χ1) is 11.3. The van der Waals surface area contributed by atoms with Crippen molar-refractivity contribution >= 4 is 33.2 Å². The summed E-state index contributed by atoms with van der Waals surface area (Å²) >= 11 is 7.89. The number of hydrogen-bond acceptors (Lipinski definition) is 4. The largest absolute Gasteiger partial charge is 0.299 e. The predicted molar refractivity (Wildman–Crippen MR) is 97.0 cm³/mol. The molecule has 0 unspecified atom stereocenters. The number of hydrogen-bond donors (Lipinski definition) is 0. The average Bonchev–Trinajstić information content (AvgIpc) is 3.02. The van der Waals surface area contributed by atoms with Crippen LogP contribution in [-0.2, 0) is 6.54 Å². The van der Waals surface area contributed by atoms with E-state index in [-0.39, 0.29) is 0 Å². The van der Waals surface area contributed by atoms with E-state index >= 15 is 0 Å². The number of likely N-dealkylation sites (tertiary alicyclic amines) is 1. The standard InChI is InChI=1S/C18H18ClN3S/c19-14-6-7-20-16-10-17(23-18(14)16)15-5-4-13(11-21-15)12-22-8-2-1-3-9-22/h4-7,10-11H,1-3,8-9,12H2. The van der Waals surface area contributed by atoms with Crippen LogP contribution in [0.25, 0.3) is 20.8 Å².